The van der Waals surface area contributed by atoms with Gasteiger partial charge in [0.05, 0.1) is 27.2 Å². The van der Waals surface area contributed by atoms with Gasteiger partial charge in [0.2, 0.25) is 5.76 Å². The fourth-order valence-corrected chi connectivity index (χ4v) is 4.98. The van der Waals surface area contributed by atoms with Crippen molar-refractivity contribution in [3.05, 3.63) is 99.9 Å². The molecule has 1 unspecified atom stereocenters. The van der Waals surface area contributed by atoms with Gasteiger partial charge < -0.3 is 4.42 Å². The van der Waals surface area contributed by atoms with E-state index in [2.05, 4.69) is 9.97 Å². The fraction of sp³-hybridized carbons (Fsp3) is 0.0435. The summed E-state index contributed by atoms with van der Waals surface area (Å²) in [5.74, 6) is -0.861. The Hall–Kier alpha value is -3.91. The molecule has 6 rings (SSSR count). The fourth-order valence-electron chi connectivity index (χ4n) is 3.96. The van der Waals surface area contributed by atoms with Crippen molar-refractivity contribution < 1.29 is 13.6 Å². The summed E-state index contributed by atoms with van der Waals surface area (Å²) in [6, 6.07) is 13.9. The SMILES string of the molecule is O=C1c2oc3ccccc3c(=O)c2C(c2cccnc2)N1c1nc2ccc(F)cc2s1. The number of fused-ring (bicyclic) bond motifs is 3. The van der Waals surface area contributed by atoms with Gasteiger partial charge in [0.25, 0.3) is 5.91 Å². The van der Waals surface area contributed by atoms with Crippen molar-refractivity contribution in [2.45, 2.75) is 6.04 Å². The van der Waals surface area contributed by atoms with Crippen LogP contribution in [0.2, 0.25) is 0 Å². The van der Waals surface area contributed by atoms with E-state index >= 15 is 0 Å². The summed E-state index contributed by atoms with van der Waals surface area (Å²) in [6.07, 6.45) is 3.23. The second-order valence-corrected chi connectivity index (χ2v) is 8.15. The van der Waals surface area contributed by atoms with Crippen molar-refractivity contribution in [2.24, 2.45) is 0 Å². The van der Waals surface area contributed by atoms with Crippen LogP contribution in [0.15, 0.2) is 76.2 Å². The molecule has 0 N–H and O–H groups in total. The van der Waals surface area contributed by atoms with Crippen LogP contribution in [0.1, 0.15) is 27.7 Å². The number of para-hydroxylation sites is 1. The van der Waals surface area contributed by atoms with Gasteiger partial charge in [0.1, 0.15) is 11.4 Å². The molecule has 0 fully saturated rings. The number of amides is 1. The normalized spacial score (nSPS) is 15.7. The van der Waals surface area contributed by atoms with E-state index in [-0.39, 0.29) is 22.6 Å². The number of anilines is 1. The Balaban J connectivity index is 1.64. The second kappa shape index (κ2) is 6.55. The van der Waals surface area contributed by atoms with Crippen molar-refractivity contribution in [3.63, 3.8) is 0 Å². The zero-order valence-electron chi connectivity index (χ0n) is 15.8. The Morgan fingerprint density at radius 2 is 1.94 bits per heavy atom. The van der Waals surface area contributed by atoms with Crippen molar-refractivity contribution in [2.75, 3.05) is 4.90 Å². The number of hydrogen-bond donors (Lipinski definition) is 0. The van der Waals surface area contributed by atoms with Crippen molar-refractivity contribution in [3.8, 4) is 0 Å². The second-order valence-electron chi connectivity index (χ2n) is 7.14. The number of carbonyl (C=O) groups is 1. The highest BCUT2D eigenvalue weighted by Crippen LogP contribution is 2.43. The summed E-state index contributed by atoms with van der Waals surface area (Å²) in [4.78, 5) is 37.0. The molecule has 3 aromatic heterocycles. The van der Waals surface area contributed by atoms with Gasteiger partial charge in [0.15, 0.2) is 10.6 Å². The number of carbonyl (C=O) groups excluding carboxylic acids is 1. The first kappa shape index (κ1) is 17.9. The molecular formula is C23H12FN3O3S. The highest BCUT2D eigenvalue weighted by molar-refractivity contribution is 7.22. The summed E-state index contributed by atoms with van der Waals surface area (Å²) >= 11 is 1.18. The topological polar surface area (TPSA) is 76.3 Å². The van der Waals surface area contributed by atoms with Gasteiger partial charge in [-0.2, -0.15) is 0 Å². The molecule has 31 heavy (non-hydrogen) atoms. The summed E-state index contributed by atoms with van der Waals surface area (Å²) in [5, 5.41) is 0.755. The zero-order valence-corrected chi connectivity index (χ0v) is 16.6. The third-order valence-corrected chi connectivity index (χ3v) is 6.34. The smallest absolute Gasteiger partial charge is 0.297 e. The summed E-state index contributed by atoms with van der Waals surface area (Å²) in [5.41, 5.74) is 1.55. The molecule has 2 aromatic carbocycles. The minimum absolute atomic E-state index is 0.0111. The van der Waals surface area contributed by atoms with E-state index in [1.54, 1.807) is 54.9 Å². The molecule has 1 atom stereocenters. The van der Waals surface area contributed by atoms with Crippen molar-refractivity contribution >= 4 is 43.6 Å². The van der Waals surface area contributed by atoms with E-state index in [9.17, 15) is 14.0 Å². The van der Waals surface area contributed by atoms with Gasteiger partial charge in [0, 0.05) is 12.4 Å². The number of pyridine rings is 1. The quantitative estimate of drug-likeness (QED) is 0.407. The van der Waals surface area contributed by atoms with Crippen LogP contribution in [0.25, 0.3) is 21.2 Å². The van der Waals surface area contributed by atoms with E-state index in [4.69, 9.17) is 4.42 Å². The molecule has 0 spiro atoms. The van der Waals surface area contributed by atoms with Gasteiger partial charge in [-0.1, -0.05) is 29.5 Å². The van der Waals surface area contributed by atoms with Crippen LogP contribution in [0.4, 0.5) is 9.52 Å². The zero-order chi connectivity index (χ0) is 21.1. The number of hydrogen-bond acceptors (Lipinski definition) is 6. The highest BCUT2D eigenvalue weighted by atomic mass is 32.1. The lowest BCUT2D eigenvalue weighted by Gasteiger charge is -2.22. The minimum Gasteiger partial charge on any atom is -0.450 e. The Kier molecular flexibility index (Phi) is 3.78. The van der Waals surface area contributed by atoms with Crippen LogP contribution in [0, 0.1) is 5.82 Å². The van der Waals surface area contributed by atoms with Gasteiger partial charge >= 0.3 is 0 Å². The molecule has 0 bridgehead atoms. The maximum Gasteiger partial charge on any atom is 0.297 e. The van der Waals surface area contributed by atoms with Gasteiger partial charge in [-0.3, -0.25) is 19.5 Å². The number of thiazole rings is 1. The molecular weight excluding hydrogens is 417 g/mol. The van der Waals surface area contributed by atoms with Gasteiger partial charge in [-0.25, -0.2) is 9.37 Å². The van der Waals surface area contributed by atoms with Gasteiger partial charge in [-0.05, 0) is 42.0 Å². The molecule has 0 saturated carbocycles. The molecule has 0 radical (unpaired) electrons. The number of nitrogens with zero attached hydrogens (tertiary/aromatic N) is 3. The molecule has 1 aliphatic rings. The largest absolute Gasteiger partial charge is 0.450 e. The molecule has 1 amide bonds. The maximum atomic E-state index is 13.7. The van der Waals surface area contributed by atoms with Crippen LogP contribution in [0.5, 0.6) is 0 Å². The summed E-state index contributed by atoms with van der Waals surface area (Å²) < 4.78 is 20.2. The number of benzene rings is 2. The molecule has 150 valence electrons. The molecule has 6 nitrogen and oxygen atoms in total. The Morgan fingerprint density at radius 3 is 2.77 bits per heavy atom. The molecule has 5 aromatic rings. The first-order valence-corrected chi connectivity index (χ1v) is 10.3. The number of rotatable bonds is 2. The van der Waals surface area contributed by atoms with Crippen LogP contribution in [-0.2, 0) is 0 Å². The van der Waals surface area contributed by atoms with E-state index in [1.807, 2.05) is 0 Å². The van der Waals surface area contributed by atoms with Crippen LogP contribution < -0.4 is 10.3 Å². The lowest BCUT2D eigenvalue weighted by atomic mass is 10.0. The summed E-state index contributed by atoms with van der Waals surface area (Å²) in [6.45, 7) is 0. The average molecular weight is 429 g/mol. The number of aromatic nitrogens is 2. The minimum atomic E-state index is -0.748. The molecule has 4 heterocycles. The van der Waals surface area contributed by atoms with Crippen molar-refractivity contribution in [1.29, 1.82) is 0 Å². The molecule has 8 heteroatoms. The molecule has 0 aliphatic carbocycles. The first-order valence-electron chi connectivity index (χ1n) is 9.47. The standard InChI is InChI=1S/C23H12FN3O3S/c24-13-7-8-15-17(10-13)31-23(26-15)27-19(12-4-3-9-25-11-12)18-20(28)14-5-1-2-6-16(14)30-21(18)22(27)29/h1-11,19H. The molecule has 0 saturated heterocycles. The molecule has 1 aliphatic heterocycles. The Morgan fingerprint density at radius 1 is 1.06 bits per heavy atom. The van der Waals surface area contributed by atoms with E-state index in [0.717, 1.165) is 0 Å². The van der Waals surface area contributed by atoms with Crippen LogP contribution in [-0.4, -0.2) is 15.9 Å². The predicted octanol–water partition coefficient (Wildman–Crippen LogP) is 4.69. The predicted molar refractivity (Wildman–Crippen MR) is 115 cm³/mol. The van der Waals surface area contributed by atoms with Crippen molar-refractivity contribution in [1.82, 2.24) is 9.97 Å². The van der Waals surface area contributed by atoms with Gasteiger partial charge in [-0.15, -0.1) is 0 Å². The summed E-state index contributed by atoms with van der Waals surface area (Å²) in [7, 11) is 0. The maximum absolute atomic E-state index is 13.7. The lowest BCUT2D eigenvalue weighted by molar-refractivity contribution is 0.0971. The third-order valence-electron chi connectivity index (χ3n) is 5.32. The Labute approximate surface area is 178 Å². The van der Waals surface area contributed by atoms with E-state index < -0.39 is 11.9 Å². The highest BCUT2D eigenvalue weighted by Gasteiger charge is 2.45. The van der Waals surface area contributed by atoms with Crippen LogP contribution in [0.3, 0.4) is 0 Å². The van der Waals surface area contributed by atoms with E-state index in [0.29, 0.717) is 31.9 Å². The lowest BCUT2D eigenvalue weighted by Crippen LogP contribution is -2.29. The first-order chi connectivity index (χ1) is 15.1. The van der Waals surface area contributed by atoms with Crippen LogP contribution >= 0.6 is 11.3 Å². The average Bonchev–Trinajstić information content (AvgIpc) is 3.33. The monoisotopic (exact) mass is 429 g/mol. The number of halogens is 1. The Bertz CT molecular complexity index is 1560. The van der Waals surface area contributed by atoms with E-state index in [1.165, 1.54) is 28.4 Å². The third kappa shape index (κ3) is 2.62.